The van der Waals surface area contributed by atoms with Crippen LogP contribution in [0.4, 0.5) is 0 Å². The Morgan fingerprint density at radius 3 is 2.60 bits per heavy atom. The predicted molar refractivity (Wildman–Crippen MR) is 72.8 cm³/mol. The van der Waals surface area contributed by atoms with Crippen molar-refractivity contribution in [1.29, 1.82) is 0 Å². The summed E-state index contributed by atoms with van der Waals surface area (Å²) in [6.07, 6.45) is 1.50. The van der Waals surface area contributed by atoms with Crippen molar-refractivity contribution in [2.24, 2.45) is 0 Å². The van der Waals surface area contributed by atoms with Crippen molar-refractivity contribution >= 4 is 16.1 Å². The molecule has 7 nitrogen and oxygen atoms in total. The summed E-state index contributed by atoms with van der Waals surface area (Å²) in [5, 5.41) is 8.72. The van der Waals surface area contributed by atoms with Crippen LogP contribution < -0.4 is 9.61 Å². The topological polar surface area (TPSA) is 105 Å². The maximum absolute atomic E-state index is 11.6. The standard InChI is InChI=1S/C12H16N2O5S/c1-10(9-15)7-8-19-14-20(17,18)13-12(16)11-5-3-2-4-6-11/h2-7,14-15H,8-9H2,1H3,(H,13,16)/b10-7+. The molecular formula is C12H16N2O5S. The highest BCUT2D eigenvalue weighted by Crippen LogP contribution is 1.98. The molecule has 0 atom stereocenters. The van der Waals surface area contributed by atoms with Crippen LogP contribution in [0.3, 0.4) is 0 Å². The molecule has 0 spiro atoms. The lowest BCUT2D eigenvalue weighted by molar-refractivity contribution is 0.0961. The van der Waals surface area contributed by atoms with Crippen molar-refractivity contribution in [3.8, 4) is 0 Å². The molecule has 20 heavy (non-hydrogen) atoms. The summed E-state index contributed by atoms with van der Waals surface area (Å²) in [7, 11) is -4.10. The minimum Gasteiger partial charge on any atom is -0.392 e. The molecule has 1 amide bonds. The van der Waals surface area contributed by atoms with Crippen LogP contribution in [-0.2, 0) is 15.0 Å². The van der Waals surface area contributed by atoms with Gasteiger partial charge in [0.1, 0.15) is 0 Å². The fraction of sp³-hybridized carbons (Fsp3) is 0.250. The van der Waals surface area contributed by atoms with Gasteiger partial charge in [0.05, 0.1) is 13.2 Å². The third-order valence-electron chi connectivity index (χ3n) is 2.20. The first-order valence-electron chi connectivity index (χ1n) is 5.72. The van der Waals surface area contributed by atoms with Crippen LogP contribution >= 0.6 is 0 Å². The highest BCUT2D eigenvalue weighted by atomic mass is 32.2. The van der Waals surface area contributed by atoms with E-state index in [2.05, 4.69) is 4.84 Å². The predicted octanol–water partition coefficient (Wildman–Crippen LogP) is 0.121. The van der Waals surface area contributed by atoms with E-state index in [0.29, 0.717) is 5.57 Å². The Morgan fingerprint density at radius 2 is 2.00 bits per heavy atom. The van der Waals surface area contributed by atoms with Crippen LogP contribution in [-0.4, -0.2) is 32.6 Å². The Hall–Kier alpha value is -1.74. The monoisotopic (exact) mass is 300 g/mol. The van der Waals surface area contributed by atoms with E-state index in [1.54, 1.807) is 34.7 Å². The molecule has 0 fully saturated rings. The molecule has 110 valence electrons. The van der Waals surface area contributed by atoms with Gasteiger partial charge in [0.2, 0.25) is 0 Å². The van der Waals surface area contributed by atoms with Gasteiger partial charge in [-0.25, -0.2) is 4.72 Å². The number of carbonyl (C=O) groups excluding carboxylic acids is 1. The molecule has 3 N–H and O–H groups in total. The van der Waals surface area contributed by atoms with E-state index in [4.69, 9.17) is 5.11 Å². The molecule has 0 aromatic heterocycles. The van der Waals surface area contributed by atoms with Gasteiger partial charge in [-0.2, -0.15) is 8.42 Å². The second kappa shape index (κ2) is 7.75. The van der Waals surface area contributed by atoms with Crippen molar-refractivity contribution in [2.75, 3.05) is 13.2 Å². The molecule has 0 saturated heterocycles. The summed E-state index contributed by atoms with van der Waals surface area (Å²) in [6.45, 7) is 1.46. The van der Waals surface area contributed by atoms with Crippen molar-refractivity contribution in [3.05, 3.63) is 47.5 Å². The van der Waals surface area contributed by atoms with Gasteiger partial charge in [-0.05, 0) is 24.6 Å². The van der Waals surface area contributed by atoms with E-state index in [9.17, 15) is 13.2 Å². The zero-order chi connectivity index (χ0) is 15.0. The highest BCUT2D eigenvalue weighted by Gasteiger charge is 2.15. The minimum absolute atomic E-state index is 0.0627. The van der Waals surface area contributed by atoms with Gasteiger partial charge in [0.25, 0.3) is 5.91 Å². The van der Waals surface area contributed by atoms with Crippen LogP contribution in [0, 0.1) is 0 Å². The number of aliphatic hydroxyl groups is 1. The van der Waals surface area contributed by atoms with Gasteiger partial charge in [-0.3, -0.25) is 9.63 Å². The third-order valence-corrected chi connectivity index (χ3v) is 2.99. The molecule has 1 aromatic carbocycles. The van der Waals surface area contributed by atoms with Gasteiger partial charge in [0, 0.05) is 5.56 Å². The van der Waals surface area contributed by atoms with Gasteiger partial charge in [-0.1, -0.05) is 29.2 Å². The Bertz CT molecular complexity index is 569. The molecule has 1 aromatic rings. The van der Waals surface area contributed by atoms with Crippen LogP contribution in [0.15, 0.2) is 42.0 Å². The summed E-state index contributed by atoms with van der Waals surface area (Å²) < 4.78 is 24.8. The Morgan fingerprint density at radius 1 is 1.35 bits per heavy atom. The van der Waals surface area contributed by atoms with Crippen molar-refractivity contribution < 1.29 is 23.2 Å². The molecule has 0 aliphatic heterocycles. The van der Waals surface area contributed by atoms with Crippen LogP contribution in [0.1, 0.15) is 17.3 Å². The molecule has 8 heteroatoms. The number of benzene rings is 1. The highest BCUT2D eigenvalue weighted by molar-refractivity contribution is 7.88. The maximum Gasteiger partial charge on any atom is 0.323 e. The van der Waals surface area contributed by atoms with Gasteiger partial charge in [0.15, 0.2) is 0 Å². The maximum atomic E-state index is 11.6. The molecule has 1 rings (SSSR count). The van der Waals surface area contributed by atoms with E-state index in [1.807, 2.05) is 0 Å². The average molecular weight is 300 g/mol. The molecular weight excluding hydrogens is 284 g/mol. The minimum atomic E-state index is -4.10. The Labute approximate surface area is 117 Å². The smallest absolute Gasteiger partial charge is 0.323 e. The fourth-order valence-corrected chi connectivity index (χ4v) is 1.78. The van der Waals surface area contributed by atoms with E-state index >= 15 is 0 Å². The van der Waals surface area contributed by atoms with E-state index in [1.165, 1.54) is 18.2 Å². The van der Waals surface area contributed by atoms with Crippen LogP contribution in [0.2, 0.25) is 0 Å². The van der Waals surface area contributed by atoms with Crippen LogP contribution in [0.25, 0.3) is 0 Å². The number of rotatable bonds is 7. The van der Waals surface area contributed by atoms with E-state index in [0.717, 1.165) is 0 Å². The van der Waals surface area contributed by atoms with Gasteiger partial charge < -0.3 is 5.11 Å². The summed E-state index contributed by atoms with van der Waals surface area (Å²) in [6, 6.07) is 7.92. The summed E-state index contributed by atoms with van der Waals surface area (Å²) >= 11 is 0. The molecule has 0 bridgehead atoms. The van der Waals surface area contributed by atoms with Crippen molar-refractivity contribution in [1.82, 2.24) is 9.61 Å². The normalized spacial score (nSPS) is 12.2. The second-order valence-corrected chi connectivity index (χ2v) is 5.28. The van der Waals surface area contributed by atoms with Crippen molar-refractivity contribution in [3.63, 3.8) is 0 Å². The summed E-state index contributed by atoms with van der Waals surface area (Å²) in [4.78, 5) is 18.0. The lowest BCUT2D eigenvalue weighted by Gasteiger charge is -2.07. The molecule has 0 aliphatic carbocycles. The zero-order valence-corrected chi connectivity index (χ0v) is 11.7. The number of hydrogen-bond acceptors (Lipinski definition) is 5. The first-order valence-corrected chi connectivity index (χ1v) is 7.20. The van der Waals surface area contributed by atoms with Gasteiger partial charge in [-0.15, -0.1) is 0 Å². The number of amides is 1. The fourth-order valence-electron chi connectivity index (χ4n) is 1.15. The second-order valence-electron chi connectivity index (χ2n) is 3.90. The number of aliphatic hydroxyl groups excluding tert-OH is 1. The molecule has 0 aliphatic rings. The van der Waals surface area contributed by atoms with E-state index < -0.39 is 16.1 Å². The molecule has 0 saturated carbocycles. The SMILES string of the molecule is C/C(=C\CONS(=O)(=O)NC(=O)c1ccccc1)CO. The first-order chi connectivity index (χ1) is 9.44. The van der Waals surface area contributed by atoms with Crippen LogP contribution in [0.5, 0.6) is 0 Å². The number of nitrogens with one attached hydrogen (secondary N) is 2. The lowest BCUT2D eigenvalue weighted by atomic mass is 10.2. The number of hydrogen-bond donors (Lipinski definition) is 3. The number of carbonyl (C=O) groups is 1. The summed E-state index contributed by atoms with van der Waals surface area (Å²) in [5.41, 5.74) is 0.853. The summed E-state index contributed by atoms with van der Waals surface area (Å²) in [5.74, 6) is -0.760. The van der Waals surface area contributed by atoms with Crippen molar-refractivity contribution in [2.45, 2.75) is 6.92 Å². The molecule has 0 radical (unpaired) electrons. The molecule has 0 heterocycles. The zero-order valence-electron chi connectivity index (χ0n) is 10.9. The van der Waals surface area contributed by atoms with E-state index in [-0.39, 0.29) is 18.8 Å². The largest absolute Gasteiger partial charge is 0.392 e. The molecule has 0 unspecified atom stereocenters. The van der Waals surface area contributed by atoms with Gasteiger partial charge >= 0.3 is 10.2 Å². The first kappa shape index (κ1) is 16.3. The third kappa shape index (κ3) is 5.93. The Balaban J connectivity index is 2.48. The Kier molecular flexibility index (Phi) is 6.32. The average Bonchev–Trinajstić information content (AvgIpc) is 2.43. The lowest BCUT2D eigenvalue weighted by Crippen LogP contribution is -2.40. The quantitative estimate of drug-likeness (QED) is 0.377.